The monoisotopic (exact) mass is 358 g/mol. The Labute approximate surface area is 153 Å². The summed E-state index contributed by atoms with van der Waals surface area (Å²) in [6, 6.07) is 5.89. The molecule has 2 heterocycles. The van der Waals surface area contributed by atoms with Crippen molar-refractivity contribution in [3.63, 3.8) is 0 Å². The summed E-state index contributed by atoms with van der Waals surface area (Å²) < 4.78 is 11.0. The van der Waals surface area contributed by atoms with Crippen LogP contribution in [0, 0.1) is 0 Å². The zero-order valence-corrected chi connectivity index (χ0v) is 15.4. The average molecular weight is 358 g/mol. The first-order valence-corrected chi connectivity index (χ1v) is 9.34. The lowest BCUT2D eigenvalue weighted by atomic mass is 9.77. The highest BCUT2D eigenvalue weighted by atomic mass is 16.6. The summed E-state index contributed by atoms with van der Waals surface area (Å²) in [6.45, 7) is 2.14. The number of nitrogens with zero attached hydrogens (tertiary/aromatic N) is 1. The predicted octanol–water partition coefficient (Wildman–Crippen LogP) is 3.58. The number of aliphatic hydroxyl groups is 1. The van der Waals surface area contributed by atoms with Gasteiger partial charge in [0.1, 0.15) is 5.75 Å². The van der Waals surface area contributed by atoms with Crippen LogP contribution >= 0.6 is 0 Å². The number of hydrogen-bond acceptors (Lipinski definition) is 4. The molecule has 2 fully saturated rings. The number of benzene rings is 1. The third kappa shape index (κ3) is 2.55. The summed E-state index contributed by atoms with van der Waals surface area (Å²) in [6.07, 6.45) is 6.74. The minimum Gasteiger partial charge on any atom is -0.497 e. The van der Waals surface area contributed by atoms with E-state index >= 15 is 0 Å². The normalized spacial score (nSPS) is 25.0. The van der Waals surface area contributed by atoms with Crippen molar-refractivity contribution in [3.05, 3.63) is 30.0 Å². The molecule has 26 heavy (non-hydrogen) atoms. The average Bonchev–Trinajstić information content (AvgIpc) is 3.11. The topological polar surface area (TPSA) is 74.8 Å². The zero-order valence-electron chi connectivity index (χ0n) is 15.4. The third-order valence-corrected chi connectivity index (χ3v) is 6.13. The van der Waals surface area contributed by atoms with E-state index in [4.69, 9.17) is 9.47 Å². The Bertz CT molecular complexity index is 820. The van der Waals surface area contributed by atoms with Crippen molar-refractivity contribution >= 4 is 17.0 Å². The van der Waals surface area contributed by atoms with E-state index in [-0.39, 0.29) is 0 Å². The molecule has 1 aliphatic heterocycles. The quantitative estimate of drug-likeness (QED) is 0.876. The Kier molecular flexibility index (Phi) is 4.10. The Balaban J connectivity index is 1.55. The van der Waals surface area contributed by atoms with Gasteiger partial charge in [0.15, 0.2) is 11.3 Å². The van der Waals surface area contributed by atoms with Crippen LogP contribution in [0.3, 0.4) is 0 Å². The Morgan fingerprint density at radius 3 is 2.81 bits per heavy atom. The molecule has 1 amide bonds. The molecule has 1 aromatic heterocycles. The van der Waals surface area contributed by atoms with Crippen molar-refractivity contribution in [1.29, 1.82) is 0 Å². The molecule has 2 N–H and O–H groups in total. The van der Waals surface area contributed by atoms with Crippen LogP contribution in [-0.4, -0.2) is 46.1 Å². The fourth-order valence-corrected chi connectivity index (χ4v) is 4.47. The van der Waals surface area contributed by atoms with E-state index in [0.717, 1.165) is 54.3 Å². The lowest BCUT2D eigenvalue weighted by molar-refractivity contribution is -0.158. The van der Waals surface area contributed by atoms with Gasteiger partial charge in [-0.2, -0.15) is 0 Å². The van der Waals surface area contributed by atoms with E-state index in [9.17, 15) is 9.90 Å². The number of aromatic nitrogens is 1. The molecule has 1 aromatic carbocycles. The maximum atomic E-state index is 12.5. The highest BCUT2D eigenvalue weighted by molar-refractivity contribution is 5.84. The Morgan fingerprint density at radius 1 is 1.31 bits per heavy atom. The number of ether oxygens (including phenoxy) is 2. The summed E-state index contributed by atoms with van der Waals surface area (Å²) in [7, 11) is 1.65. The highest BCUT2D eigenvalue weighted by Crippen LogP contribution is 2.46. The molecule has 1 aliphatic carbocycles. The first-order chi connectivity index (χ1) is 12.5. The molecule has 140 valence electrons. The van der Waals surface area contributed by atoms with E-state index in [2.05, 4.69) is 4.98 Å². The number of H-pyrrole nitrogens is 1. The van der Waals surface area contributed by atoms with Gasteiger partial charge < -0.3 is 19.6 Å². The molecular formula is C20H26N2O4. The highest BCUT2D eigenvalue weighted by Gasteiger charge is 2.61. The molecule has 0 bridgehead atoms. The molecule has 1 saturated heterocycles. The minimum absolute atomic E-state index is 0.408. The number of nitrogens with one attached hydrogen (secondary N) is 1. The van der Waals surface area contributed by atoms with Gasteiger partial charge in [-0.15, -0.1) is 0 Å². The van der Waals surface area contributed by atoms with Gasteiger partial charge in [-0.1, -0.05) is 6.42 Å². The first-order valence-electron chi connectivity index (χ1n) is 9.34. The summed E-state index contributed by atoms with van der Waals surface area (Å²) in [5.74, 6) is 0.798. The number of rotatable bonds is 4. The van der Waals surface area contributed by atoms with E-state index in [0.29, 0.717) is 13.0 Å². The molecule has 6 nitrogen and oxygen atoms in total. The summed E-state index contributed by atoms with van der Waals surface area (Å²) in [4.78, 5) is 17.3. The van der Waals surface area contributed by atoms with Gasteiger partial charge in [0.25, 0.3) is 0 Å². The molecule has 1 atom stereocenters. The third-order valence-electron chi connectivity index (χ3n) is 6.13. The van der Waals surface area contributed by atoms with Crippen molar-refractivity contribution in [2.75, 3.05) is 13.7 Å². The van der Waals surface area contributed by atoms with Gasteiger partial charge in [-0.25, -0.2) is 4.79 Å². The molecule has 4 rings (SSSR count). The van der Waals surface area contributed by atoms with Gasteiger partial charge in [0, 0.05) is 23.6 Å². The van der Waals surface area contributed by atoms with Crippen LogP contribution in [0.15, 0.2) is 24.4 Å². The van der Waals surface area contributed by atoms with E-state index in [1.807, 2.05) is 24.4 Å². The minimum atomic E-state index is -1.27. The van der Waals surface area contributed by atoms with E-state index in [1.54, 1.807) is 14.0 Å². The van der Waals surface area contributed by atoms with Crippen molar-refractivity contribution in [2.24, 2.45) is 0 Å². The molecule has 6 heteroatoms. The maximum Gasteiger partial charge on any atom is 0.412 e. The molecule has 1 saturated carbocycles. The van der Waals surface area contributed by atoms with Gasteiger partial charge in [0.05, 0.1) is 7.11 Å². The van der Waals surface area contributed by atoms with Crippen LogP contribution in [-0.2, 0) is 11.2 Å². The summed E-state index contributed by atoms with van der Waals surface area (Å²) in [5.41, 5.74) is 0.0903. The van der Waals surface area contributed by atoms with E-state index in [1.165, 1.54) is 4.90 Å². The molecular weight excluding hydrogens is 332 g/mol. The number of aromatic amines is 1. The zero-order chi connectivity index (χ0) is 18.4. The second-order valence-electron chi connectivity index (χ2n) is 7.57. The lowest BCUT2D eigenvalue weighted by Gasteiger charge is -2.42. The lowest BCUT2D eigenvalue weighted by Crippen LogP contribution is -2.57. The number of hydrogen-bond donors (Lipinski definition) is 2. The van der Waals surface area contributed by atoms with Crippen LogP contribution in [0.5, 0.6) is 5.75 Å². The Morgan fingerprint density at radius 2 is 2.08 bits per heavy atom. The van der Waals surface area contributed by atoms with Crippen molar-refractivity contribution in [2.45, 2.75) is 56.8 Å². The number of methoxy groups -OCH3 is 1. The predicted molar refractivity (Wildman–Crippen MR) is 98.2 cm³/mol. The first kappa shape index (κ1) is 17.2. The van der Waals surface area contributed by atoms with Crippen LogP contribution in [0.2, 0.25) is 0 Å². The van der Waals surface area contributed by atoms with Crippen LogP contribution in [0.25, 0.3) is 10.9 Å². The van der Waals surface area contributed by atoms with Crippen molar-refractivity contribution in [1.82, 2.24) is 9.88 Å². The molecule has 0 radical (unpaired) electrons. The van der Waals surface area contributed by atoms with Crippen molar-refractivity contribution in [3.8, 4) is 5.75 Å². The number of fused-ring (bicyclic) bond motifs is 1. The molecule has 0 unspecified atom stereocenters. The summed E-state index contributed by atoms with van der Waals surface area (Å²) in [5, 5.41) is 12.2. The van der Waals surface area contributed by atoms with Gasteiger partial charge in [0.2, 0.25) is 0 Å². The SMILES string of the molecule is COc1ccc2[nH]cc(CCN3C(=O)OC4(CCCCC4)[C@]3(C)O)c2c1. The second kappa shape index (κ2) is 6.20. The fourth-order valence-electron chi connectivity index (χ4n) is 4.47. The van der Waals surface area contributed by atoms with Gasteiger partial charge >= 0.3 is 6.09 Å². The van der Waals surface area contributed by atoms with Gasteiger partial charge in [-0.3, -0.25) is 4.90 Å². The standard InChI is InChI=1S/C20H26N2O4/c1-19(24)20(9-4-3-5-10-20)26-18(23)22(19)11-8-14-13-21-17-7-6-15(25-2)12-16(14)17/h6-7,12-13,21,24H,3-5,8-11H2,1-2H3/t19-/m0/s1. The number of carbonyl (C=O) groups excluding carboxylic acids is 1. The smallest absolute Gasteiger partial charge is 0.412 e. The number of amides is 1. The molecule has 2 aromatic rings. The summed E-state index contributed by atoms with van der Waals surface area (Å²) >= 11 is 0. The van der Waals surface area contributed by atoms with E-state index < -0.39 is 17.4 Å². The fraction of sp³-hybridized carbons (Fsp3) is 0.550. The Hall–Kier alpha value is -2.21. The number of carbonyl (C=O) groups is 1. The van der Waals surface area contributed by atoms with Crippen LogP contribution in [0.1, 0.15) is 44.6 Å². The van der Waals surface area contributed by atoms with Gasteiger partial charge in [-0.05, 0) is 62.8 Å². The second-order valence-corrected chi connectivity index (χ2v) is 7.57. The van der Waals surface area contributed by atoms with Crippen LogP contribution in [0.4, 0.5) is 4.79 Å². The molecule has 1 spiro atoms. The maximum absolute atomic E-state index is 12.5. The molecule has 2 aliphatic rings. The van der Waals surface area contributed by atoms with Crippen LogP contribution < -0.4 is 4.74 Å². The van der Waals surface area contributed by atoms with Crippen molar-refractivity contribution < 1.29 is 19.4 Å². The largest absolute Gasteiger partial charge is 0.497 e.